The zero-order valence-electron chi connectivity index (χ0n) is 27.3. The lowest BCUT2D eigenvalue weighted by atomic mass is 9.92. The van der Waals surface area contributed by atoms with Gasteiger partial charge in [-0.05, 0) is 83.1 Å². The lowest BCUT2D eigenvalue weighted by Crippen LogP contribution is -2.45. The summed E-state index contributed by atoms with van der Waals surface area (Å²) in [6.07, 6.45) is 6.97. The number of carbonyl (C=O) groups excluding carboxylic acids is 1. The second-order valence-electron chi connectivity index (χ2n) is 13.4. The predicted molar refractivity (Wildman–Crippen MR) is 177 cm³/mol. The van der Waals surface area contributed by atoms with Crippen LogP contribution < -0.4 is 4.90 Å². The van der Waals surface area contributed by atoms with Crippen LogP contribution in [0.25, 0.3) is 28.0 Å². The number of piperidine rings is 1. The molecule has 8 heteroatoms. The van der Waals surface area contributed by atoms with Crippen molar-refractivity contribution >= 4 is 17.4 Å². The largest absolute Gasteiger partial charge is 0.467 e. The summed E-state index contributed by atoms with van der Waals surface area (Å²) in [7, 11) is 1.40. The van der Waals surface area contributed by atoms with Gasteiger partial charge in [0, 0.05) is 30.4 Å². The van der Waals surface area contributed by atoms with E-state index in [0.717, 1.165) is 67.1 Å². The first-order valence-corrected chi connectivity index (χ1v) is 15.9. The molecule has 2 aromatic heterocycles. The van der Waals surface area contributed by atoms with Gasteiger partial charge in [-0.25, -0.2) is 9.78 Å². The van der Waals surface area contributed by atoms with E-state index in [1.165, 1.54) is 18.2 Å². The second kappa shape index (κ2) is 12.4. The van der Waals surface area contributed by atoms with Crippen LogP contribution in [0.3, 0.4) is 0 Å². The minimum Gasteiger partial charge on any atom is -0.467 e. The van der Waals surface area contributed by atoms with Crippen LogP contribution in [0.2, 0.25) is 0 Å². The predicted octanol–water partition coefficient (Wildman–Crippen LogP) is 7.28. The third kappa shape index (κ3) is 6.53. The smallest absolute Gasteiger partial charge is 0.339 e. The van der Waals surface area contributed by atoms with Crippen molar-refractivity contribution in [1.29, 1.82) is 0 Å². The van der Waals surface area contributed by atoms with Crippen LogP contribution >= 0.6 is 0 Å². The number of ether oxygens (including phenoxy) is 3. The maximum atomic E-state index is 13.3. The lowest BCUT2D eigenvalue weighted by molar-refractivity contribution is -0.164. The van der Waals surface area contributed by atoms with Crippen molar-refractivity contribution in [2.75, 3.05) is 31.7 Å². The number of anilines is 1. The first kappa shape index (κ1) is 31.0. The summed E-state index contributed by atoms with van der Waals surface area (Å²) in [5.41, 5.74) is 6.75. The van der Waals surface area contributed by atoms with Gasteiger partial charge in [-0.3, -0.25) is 0 Å². The Hall–Kier alpha value is -4.01. The molecule has 0 radical (unpaired) electrons. The van der Waals surface area contributed by atoms with Gasteiger partial charge in [0.1, 0.15) is 5.82 Å². The van der Waals surface area contributed by atoms with E-state index in [0.29, 0.717) is 17.9 Å². The Morgan fingerprint density at radius 2 is 1.78 bits per heavy atom. The number of carbonyl (C=O) groups is 1. The van der Waals surface area contributed by atoms with E-state index >= 15 is 0 Å². The van der Waals surface area contributed by atoms with Crippen LogP contribution in [0.4, 0.5) is 5.82 Å². The Kier molecular flexibility index (Phi) is 8.55. The third-order valence-corrected chi connectivity index (χ3v) is 8.84. The average molecular weight is 609 g/mol. The van der Waals surface area contributed by atoms with Gasteiger partial charge < -0.3 is 19.1 Å². The minimum atomic E-state index is -0.967. The summed E-state index contributed by atoms with van der Waals surface area (Å²) in [5, 5.41) is 5.16. The van der Waals surface area contributed by atoms with Crippen LogP contribution in [0.5, 0.6) is 0 Å². The molecule has 3 aliphatic rings. The van der Waals surface area contributed by atoms with E-state index in [4.69, 9.17) is 24.3 Å². The fourth-order valence-corrected chi connectivity index (χ4v) is 6.43. The molecular formula is C37H44N4O4. The number of aryl methyl sites for hydroxylation is 2. The Labute approximate surface area is 266 Å². The highest BCUT2D eigenvalue weighted by Gasteiger charge is 2.38. The van der Waals surface area contributed by atoms with Gasteiger partial charge in [0.2, 0.25) is 0 Å². The van der Waals surface area contributed by atoms with Crippen molar-refractivity contribution in [2.24, 2.45) is 0 Å². The van der Waals surface area contributed by atoms with Gasteiger partial charge >= 0.3 is 5.97 Å². The molecule has 8 nitrogen and oxygen atoms in total. The number of esters is 1. The number of methoxy groups -OCH3 is 1. The topological polar surface area (TPSA) is 78.2 Å². The van der Waals surface area contributed by atoms with Crippen molar-refractivity contribution in [2.45, 2.75) is 77.6 Å². The molecule has 0 unspecified atom stereocenters. The summed E-state index contributed by atoms with van der Waals surface area (Å²) in [6, 6.07) is 19.2. The molecule has 1 saturated heterocycles. The summed E-state index contributed by atoms with van der Waals surface area (Å²) in [6.45, 7) is 12.0. The highest BCUT2D eigenvalue weighted by molar-refractivity contribution is 5.81. The normalized spacial score (nSPS) is 17.4. The SMILES string of the molecule is COC(=O)[C@@H](OC(C)(C)C)c1c(C)nc2cc3nn2c1N1CCC(C)(CC1)OCC=CCCc1ccccc1-c1cccc-3c1. The van der Waals surface area contributed by atoms with Gasteiger partial charge in [0.05, 0.1) is 36.2 Å². The van der Waals surface area contributed by atoms with Gasteiger partial charge in [-0.2, -0.15) is 9.61 Å². The minimum absolute atomic E-state index is 0.254. The average Bonchev–Trinajstić information content (AvgIpc) is 3.44. The monoisotopic (exact) mass is 608 g/mol. The van der Waals surface area contributed by atoms with Crippen molar-refractivity contribution in [3.8, 4) is 22.4 Å². The van der Waals surface area contributed by atoms with E-state index in [-0.39, 0.29) is 5.60 Å². The van der Waals surface area contributed by atoms with Crippen LogP contribution in [-0.2, 0) is 25.4 Å². The summed E-state index contributed by atoms with van der Waals surface area (Å²) >= 11 is 0. The van der Waals surface area contributed by atoms with Gasteiger partial charge in [0.15, 0.2) is 11.8 Å². The van der Waals surface area contributed by atoms with Crippen molar-refractivity contribution in [3.05, 3.63) is 83.6 Å². The summed E-state index contributed by atoms with van der Waals surface area (Å²) in [5.74, 6) is 0.349. The molecule has 7 rings (SSSR count). The third-order valence-electron chi connectivity index (χ3n) is 8.84. The Morgan fingerprint density at radius 1 is 1.02 bits per heavy atom. The van der Waals surface area contributed by atoms with Crippen LogP contribution in [0.1, 0.15) is 69.9 Å². The van der Waals surface area contributed by atoms with E-state index in [1.54, 1.807) is 0 Å². The Morgan fingerprint density at radius 3 is 2.53 bits per heavy atom. The second-order valence-corrected chi connectivity index (χ2v) is 13.4. The highest BCUT2D eigenvalue weighted by Crippen LogP contribution is 2.39. The molecule has 0 N–H and O–H groups in total. The molecule has 5 heterocycles. The molecule has 4 aromatic rings. The summed E-state index contributed by atoms with van der Waals surface area (Å²) < 4.78 is 20.0. The number of hydrogen-bond acceptors (Lipinski definition) is 7. The zero-order valence-corrected chi connectivity index (χ0v) is 27.3. The number of aromatic nitrogens is 3. The molecule has 1 fully saturated rings. The van der Waals surface area contributed by atoms with Crippen LogP contribution in [0, 0.1) is 6.92 Å². The number of fused-ring (bicyclic) bond motifs is 6. The van der Waals surface area contributed by atoms with Crippen molar-refractivity contribution in [3.63, 3.8) is 0 Å². The van der Waals surface area contributed by atoms with Gasteiger partial charge in [-0.1, -0.05) is 54.6 Å². The molecule has 0 amide bonds. The Bertz CT molecular complexity index is 1730. The number of rotatable bonds is 3. The summed E-state index contributed by atoms with van der Waals surface area (Å²) in [4.78, 5) is 20.6. The fraction of sp³-hybridized carbons (Fsp3) is 0.432. The molecular weight excluding hydrogens is 564 g/mol. The van der Waals surface area contributed by atoms with Crippen LogP contribution in [0.15, 0.2) is 66.7 Å². The van der Waals surface area contributed by atoms with E-state index < -0.39 is 17.7 Å². The van der Waals surface area contributed by atoms with E-state index in [1.807, 2.05) is 38.3 Å². The maximum absolute atomic E-state index is 13.3. The fourth-order valence-electron chi connectivity index (χ4n) is 6.43. The zero-order chi connectivity index (χ0) is 31.8. The van der Waals surface area contributed by atoms with Gasteiger partial charge in [-0.15, -0.1) is 0 Å². The van der Waals surface area contributed by atoms with Crippen molar-refractivity contribution in [1.82, 2.24) is 14.6 Å². The van der Waals surface area contributed by atoms with E-state index in [2.05, 4.69) is 72.5 Å². The van der Waals surface area contributed by atoms with Crippen LogP contribution in [-0.4, -0.2) is 58.6 Å². The molecule has 6 bridgehead atoms. The molecule has 0 saturated carbocycles. The molecule has 45 heavy (non-hydrogen) atoms. The first-order chi connectivity index (χ1) is 21.5. The standard InChI is InChI=1S/C37H44N4O4/c1-25-32(33(35(42)43-6)45-36(2,3)4)34-40-20-18-37(5,19-21-40)44-22-11-7-8-13-26-14-9-10-17-29(26)27-15-12-16-28(23-27)30-24-31(38-25)41(34)39-30/h7,9-12,14-17,23-24,33H,8,13,18-22H2,1-6H3/t33-/m0/s1. The first-order valence-electron chi connectivity index (χ1n) is 15.9. The number of hydrogen-bond donors (Lipinski definition) is 0. The quantitative estimate of drug-likeness (QED) is 0.179. The molecule has 236 valence electrons. The molecule has 0 spiro atoms. The molecule has 3 aliphatic heterocycles. The Balaban J connectivity index is 1.56. The van der Waals surface area contributed by atoms with Crippen molar-refractivity contribution < 1.29 is 19.0 Å². The number of allylic oxidation sites excluding steroid dienone is 1. The molecule has 2 aromatic carbocycles. The molecule has 0 aliphatic carbocycles. The lowest BCUT2D eigenvalue weighted by Gasteiger charge is -2.41. The van der Waals surface area contributed by atoms with Gasteiger partial charge in [0.25, 0.3) is 0 Å². The maximum Gasteiger partial charge on any atom is 0.339 e. The highest BCUT2D eigenvalue weighted by atomic mass is 16.6. The molecule has 1 atom stereocenters. The number of nitrogens with zero attached hydrogens (tertiary/aromatic N) is 4. The number of benzene rings is 2. The van der Waals surface area contributed by atoms with E-state index in [9.17, 15) is 4.79 Å².